The minimum Gasteiger partial charge on any atom is -0.376 e. The standard InChI is InChI=1S/C8H16N6O3.CH2O/c1-13(4-16)7-10-6(9-3-15)11-8(12-7)14(2)5-17;1-2/h15-17H,3-5H2,1-2H3,(H,9,10,11,12);1H2. The minimum atomic E-state index is -0.325. The third-order valence-electron chi connectivity index (χ3n) is 1.96. The summed E-state index contributed by atoms with van der Waals surface area (Å²) in [5.41, 5.74) is 0. The molecule has 1 aromatic rings. The number of hydrogen-bond donors (Lipinski definition) is 4. The van der Waals surface area contributed by atoms with Gasteiger partial charge < -0.3 is 35.2 Å². The van der Waals surface area contributed by atoms with E-state index in [0.717, 1.165) is 0 Å². The van der Waals surface area contributed by atoms with Gasteiger partial charge in [0.25, 0.3) is 0 Å². The quantitative estimate of drug-likeness (QED) is 0.424. The summed E-state index contributed by atoms with van der Waals surface area (Å²) in [5, 5.41) is 29.3. The van der Waals surface area contributed by atoms with Gasteiger partial charge in [0.15, 0.2) is 0 Å². The fourth-order valence-electron chi connectivity index (χ4n) is 0.972. The smallest absolute Gasteiger partial charge is 0.233 e. The molecule has 10 heteroatoms. The van der Waals surface area contributed by atoms with Crippen molar-refractivity contribution < 1.29 is 20.1 Å². The van der Waals surface area contributed by atoms with Gasteiger partial charge in [0.05, 0.1) is 0 Å². The molecule has 1 heterocycles. The van der Waals surface area contributed by atoms with Crippen LogP contribution < -0.4 is 15.1 Å². The van der Waals surface area contributed by atoms with Crippen LogP contribution in [0.25, 0.3) is 0 Å². The average Bonchev–Trinajstić information content (AvgIpc) is 2.47. The van der Waals surface area contributed by atoms with E-state index >= 15 is 0 Å². The maximum atomic E-state index is 8.99. The molecule has 0 saturated carbocycles. The van der Waals surface area contributed by atoms with Gasteiger partial charge in [-0.1, -0.05) is 0 Å². The van der Waals surface area contributed by atoms with Gasteiger partial charge in [0.2, 0.25) is 17.8 Å². The first-order chi connectivity index (χ1) is 9.12. The number of nitrogens with zero attached hydrogens (tertiary/aromatic N) is 5. The molecule has 0 unspecified atom stereocenters. The molecule has 0 radical (unpaired) electrons. The molecule has 10 nitrogen and oxygen atoms in total. The van der Waals surface area contributed by atoms with Crippen molar-refractivity contribution in [3.63, 3.8) is 0 Å². The maximum Gasteiger partial charge on any atom is 0.233 e. The highest BCUT2D eigenvalue weighted by molar-refractivity contribution is 5.43. The molecule has 0 spiro atoms. The van der Waals surface area contributed by atoms with Gasteiger partial charge in [-0.15, -0.1) is 0 Å². The second-order valence-electron chi connectivity index (χ2n) is 3.27. The summed E-state index contributed by atoms with van der Waals surface area (Å²) < 4.78 is 0. The van der Waals surface area contributed by atoms with E-state index in [-0.39, 0.29) is 38.0 Å². The van der Waals surface area contributed by atoms with Crippen molar-refractivity contribution in [3.05, 3.63) is 0 Å². The number of aliphatic hydroxyl groups is 3. The molecule has 1 aromatic heterocycles. The summed E-state index contributed by atoms with van der Waals surface area (Å²) >= 11 is 0. The second kappa shape index (κ2) is 8.97. The predicted molar refractivity (Wildman–Crippen MR) is 68.6 cm³/mol. The number of aliphatic hydroxyl groups excluding tert-OH is 3. The third-order valence-corrected chi connectivity index (χ3v) is 1.96. The van der Waals surface area contributed by atoms with Gasteiger partial charge >= 0.3 is 0 Å². The lowest BCUT2D eigenvalue weighted by atomic mass is 10.7. The summed E-state index contributed by atoms with van der Waals surface area (Å²) in [7, 11) is 3.20. The zero-order chi connectivity index (χ0) is 14.8. The summed E-state index contributed by atoms with van der Waals surface area (Å²) in [6, 6.07) is 0. The lowest BCUT2D eigenvalue weighted by Gasteiger charge is -2.18. The van der Waals surface area contributed by atoms with Crippen LogP contribution in [0.5, 0.6) is 0 Å². The first-order valence-corrected chi connectivity index (χ1v) is 5.16. The largest absolute Gasteiger partial charge is 0.376 e. The Balaban J connectivity index is 0.00000154. The normalized spacial score (nSPS) is 9.32. The topological polar surface area (TPSA) is 135 Å². The Morgan fingerprint density at radius 1 is 1.00 bits per heavy atom. The molecule has 0 aliphatic carbocycles. The summed E-state index contributed by atoms with van der Waals surface area (Å²) in [5.74, 6) is 0.621. The van der Waals surface area contributed by atoms with E-state index in [1.807, 2.05) is 6.79 Å². The lowest BCUT2D eigenvalue weighted by Crippen LogP contribution is -2.26. The molecule has 0 aliphatic heterocycles. The number of hydrogen-bond acceptors (Lipinski definition) is 10. The third kappa shape index (κ3) is 4.99. The Kier molecular flexibility index (Phi) is 8.00. The zero-order valence-electron chi connectivity index (χ0n) is 10.8. The molecule has 0 aliphatic rings. The molecule has 0 bridgehead atoms. The molecule has 108 valence electrons. The van der Waals surface area contributed by atoms with Gasteiger partial charge in [-0.25, -0.2) is 0 Å². The highest BCUT2D eigenvalue weighted by Crippen LogP contribution is 2.13. The Morgan fingerprint density at radius 3 is 1.74 bits per heavy atom. The van der Waals surface area contributed by atoms with E-state index in [1.54, 1.807) is 14.1 Å². The van der Waals surface area contributed by atoms with Gasteiger partial charge in [0.1, 0.15) is 27.0 Å². The summed E-state index contributed by atoms with van der Waals surface area (Å²) in [6.45, 7) is 1.16. The highest BCUT2D eigenvalue weighted by atomic mass is 16.3. The van der Waals surface area contributed by atoms with Crippen molar-refractivity contribution >= 4 is 24.6 Å². The van der Waals surface area contributed by atoms with Gasteiger partial charge in [0, 0.05) is 14.1 Å². The van der Waals surface area contributed by atoms with Crippen LogP contribution in [-0.2, 0) is 4.79 Å². The van der Waals surface area contributed by atoms with Gasteiger partial charge in [-0.2, -0.15) is 15.0 Å². The number of anilines is 3. The van der Waals surface area contributed by atoms with Crippen molar-refractivity contribution in [2.45, 2.75) is 0 Å². The van der Waals surface area contributed by atoms with Crippen LogP contribution in [0.3, 0.4) is 0 Å². The van der Waals surface area contributed by atoms with Crippen LogP contribution in [0.4, 0.5) is 17.8 Å². The predicted octanol–water partition coefficient (Wildman–Crippen LogP) is -2.18. The molecule has 1 rings (SSSR count). The van der Waals surface area contributed by atoms with Crippen LogP contribution in [0, 0.1) is 0 Å². The summed E-state index contributed by atoms with van der Waals surface area (Å²) in [4.78, 5) is 22.8. The van der Waals surface area contributed by atoms with E-state index in [9.17, 15) is 0 Å². The summed E-state index contributed by atoms with van der Waals surface area (Å²) in [6.07, 6.45) is 0. The van der Waals surface area contributed by atoms with Crippen molar-refractivity contribution in [3.8, 4) is 0 Å². The van der Waals surface area contributed by atoms with Crippen molar-refractivity contribution in [1.82, 2.24) is 15.0 Å². The molecule has 4 N–H and O–H groups in total. The van der Waals surface area contributed by atoms with Crippen molar-refractivity contribution in [2.75, 3.05) is 49.4 Å². The van der Waals surface area contributed by atoms with Crippen LogP contribution in [0.2, 0.25) is 0 Å². The Morgan fingerprint density at radius 2 is 1.42 bits per heavy atom. The maximum absolute atomic E-state index is 8.99. The van der Waals surface area contributed by atoms with Gasteiger partial charge in [-0.3, -0.25) is 0 Å². The average molecular weight is 274 g/mol. The molecular weight excluding hydrogens is 256 g/mol. The van der Waals surface area contributed by atoms with Crippen LogP contribution in [-0.4, -0.2) is 71.3 Å². The first kappa shape index (κ1) is 17.0. The molecular formula is C9H18N6O4. The Hall–Kier alpha value is -2.04. The van der Waals surface area contributed by atoms with Crippen LogP contribution in [0.15, 0.2) is 0 Å². The minimum absolute atomic E-state index is 0.160. The fraction of sp³-hybridized carbons (Fsp3) is 0.556. The fourth-order valence-corrected chi connectivity index (χ4v) is 0.972. The zero-order valence-corrected chi connectivity index (χ0v) is 10.8. The number of rotatable bonds is 6. The van der Waals surface area contributed by atoms with Crippen molar-refractivity contribution in [1.29, 1.82) is 0 Å². The van der Waals surface area contributed by atoms with E-state index < -0.39 is 0 Å². The second-order valence-corrected chi connectivity index (χ2v) is 3.27. The SMILES string of the molecule is C=O.CN(CO)c1nc(NCO)nc(N(C)CO)n1. The number of nitrogens with one attached hydrogen (secondary N) is 1. The number of carbonyl (C=O) groups is 1. The van der Waals surface area contributed by atoms with Gasteiger partial charge in [-0.05, 0) is 0 Å². The van der Waals surface area contributed by atoms with E-state index in [0.29, 0.717) is 0 Å². The molecule has 0 aromatic carbocycles. The molecule has 0 saturated heterocycles. The van der Waals surface area contributed by atoms with E-state index in [2.05, 4.69) is 20.3 Å². The van der Waals surface area contributed by atoms with Crippen LogP contribution >= 0.6 is 0 Å². The Bertz CT molecular complexity index is 351. The highest BCUT2D eigenvalue weighted by Gasteiger charge is 2.11. The molecule has 19 heavy (non-hydrogen) atoms. The lowest BCUT2D eigenvalue weighted by molar-refractivity contribution is -0.0979. The Labute approximate surface area is 110 Å². The van der Waals surface area contributed by atoms with Crippen LogP contribution in [0.1, 0.15) is 0 Å². The van der Waals surface area contributed by atoms with E-state index in [1.165, 1.54) is 9.80 Å². The molecule has 0 fully saturated rings. The molecule has 0 amide bonds. The first-order valence-electron chi connectivity index (χ1n) is 5.16. The van der Waals surface area contributed by atoms with Crippen molar-refractivity contribution in [2.24, 2.45) is 0 Å². The number of aromatic nitrogens is 3. The monoisotopic (exact) mass is 274 g/mol. The number of carbonyl (C=O) groups excluding carboxylic acids is 1. The van der Waals surface area contributed by atoms with E-state index in [4.69, 9.17) is 20.1 Å². The molecule has 0 atom stereocenters.